The van der Waals surface area contributed by atoms with Crippen LogP contribution in [0.3, 0.4) is 0 Å². The summed E-state index contributed by atoms with van der Waals surface area (Å²) in [6.45, 7) is 13.3. The average molecular weight is 432 g/mol. The number of piperidine rings is 1. The van der Waals surface area contributed by atoms with Gasteiger partial charge in [-0.2, -0.15) is 0 Å². The number of anilines is 1. The summed E-state index contributed by atoms with van der Waals surface area (Å²) >= 11 is 0. The normalized spacial score (nSPS) is 18.3. The van der Waals surface area contributed by atoms with Crippen molar-refractivity contribution < 1.29 is 13.6 Å². The number of rotatable bonds is 5. The van der Waals surface area contributed by atoms with Gasteiger partial charge in [0.1, 0.15) is 11.6 Å². The predicted octanol–water partition coefficient (Wildman–Crippen LogP) is 4.51. The maximum atomic E-state index is 13.1. The molecule has 164 valence electrons. The number of hydrogen-bond donors (Lipinski definition) is 2. The van der Waals surface area contributed by atoms with Crippen molar-refractivity contribution in [3.8, 4) is 0 Å². The van der Waals surface area contributed by atoms with E-state index in [-0.39, 0.29) is 22.7 Å². The number of hydrogen-bond acceptors (Lipinski definition) is 4. The van der Waals surface area contributed by atoms with Gasteiger partial charge in [-0.1, -0.05) is 20.8 Å². The molecule has 1 aromatic rings. The van der Waals surface area contributed by atoms with E-state index in [4.69, 9.17) is 4.43 Å². The van der Waals surface area contributed by atoms with Crippen LogP contribution in [0.25, 0.3) is 0 Å². The second-order valence-corrected chi connectivity index (χ2v) is 14.4. The van der Waals surface area contributed by atoms with Crippen LogP contribution in [-0.2, 0) is 9.22 Å². The zero-order chi connectivity index (χ0) is 21.9. The van der Waals surface area contributed by atoms with Crippen molar-refractivity contribution in [2.24, 2.45) is 5.92 Å². The van der Waals surface area contributed by atoms with Crippen molar-refractivity contribution in [3.05, 3.63) is 53.8 Å². The molecule has 0 unspecified atom stereocenters. The Kier molecular flexibility index (Phi) is 6.60. The van der Waals surface area contributed by atoms with Gasteiger partial charge >= 0.3 is 0 Å². The standard InChI is InChI=1S/C23H34FN3O2Si/c1-23(2,3)30(4,5)29-20-10-11-21(25-16-20)26-22(28)17-12-14-27(15-13-17)19-8-6-18(24)7-9-19/h6-11,17,25H,12-16H2,1-5H3,(H,26,28). The van der Waals surface area contributed by atoms with Gasteiger partial charge in [0, 0.05) is 24.7 Å². The molecule has 2 heterocycles. The number of allylic oxidation sites excluding steroid dienone is 2. The van der Waals surface area contributed by atoms with E-state index in [1.54, 1.807) is 12.1 Å². The molecule has 2 N–H and O–H groups in total. The van der Waals surface area contributed by atoms with Crippen LogP contribution in [0, 0.1) is 11.7 Å². The number of benzene rings is 1. The Labute approximate surface area is 180 Å². The van der Waals surface area contributed by atoms with Crippen LogP contribution in [-0.4, -0.2) is 33.9 Å². The summed E-state index contributed by atoms with van der Waals surface area (Å²) in [4.78, 5) is 14.9. The fourth-order valence-electron chi connectivity index (χ4n) is 3.40. The van der Waals surface area contributed by atoms with E-state index in [0.717, 1.165) is 43.2 Å². The fourth-order valence-corrected chi connectivity index (χ4v) is 4.50. The van der Waals surface area contributed by atoms with Crippen LogP contribution < -0.4 is 15.5 Å². The molecule has 30 heavy (non-hydrogen) atoms. The second kappa shape index (κ2) is 8.84. The molecular weight excluding hydrogens is 397 g/mol. The lowest BCUT2D eigenvalue weighted by atomic mass is 9.95. The molecule has 7 heteroatoms. The number of nitrogens with one attached hydrogen (secondary N) is 2. The molecule has 1 saturated heterocycles. The maximum Gasteiger partial charge on any atom is 0.250 e. The quantitative estimate of drug-likeness (QED) is 0.674. The van der Waals surface area contributed by atoms with Crippen molar-refractivity contribution in [1.29, 1.82) is 0 Å². The number of carbonyl (C=O) groups excluding carboxylic acids is 1. The zero-order valence-electron chi connectivity index (χ0n) is 18.7. The Morgan fingerprint density at radius 1 is 1.17 bits per heavy atom. The third kappa shape index (κ3) is 5.44. The predicted molar refractivity (Wildman–Crippen MR) is 122 cm³/mol. The first-order valence-corrected chi connectivity index (χ1v) is 13.6. The first-order valence-electron chi connectivity index (χ1n) is 10.7. The minimum Gasteiger partial charge on any atom is -0.545 e. The highest BCUT2D eigenvalue weighted by Gasteiger charge is 2.39. The van der Waals surface area contributed by atoms with E-state index in [2.05, 4.69) is 49.4 Å². The molecule has 3 rings (SSSR count). The van der Waals surface area contributed by atoms with E-state index < -0.39 is 8.32 Å². The van der Waals surface area contributed by atoms with Crippen LogP contribution in [0.2, 0.25) is 18.1 Å². The van der Waals surface area contributed by atoms with Crippen molar-refractivity contribution >= 4 is 19.9 Å². The summed E-state index contributed by atoms with van der Waals surface area (Å²) in [6.07, 6.45) is 5.42. The Morgan fingerprint density at radius 3 is 2.33 bits per heavy atom. The Balaban J connectivity index is 1.50. The van der Waals surface area contributed by atoms with Crippen molar-refractivity contribution in [2.45, 2.75) is 51.7 Å². The third-order valence-electron chi connectivity index (χ3n) is 6.40. The van der Waals surface area contributed by atoms with Gasteiger partial charge < -0.3 is 20.0 Å². The molecule has 0 atom stereocenters. The Bertz CT molecular complexity index is 820. The van der Waals surface area contributed by atoms with E-state index >= 15 is 0 Å². The maximum absolute atomic E-state index is 13.1. The minimum absolute atomic E-state index is 0.0155. The van der Waals surface area contributed by atoms with E-state index in [1.165, 1.54) is 12.1 Å². The second-order valence-electron chi connectivity index (χ2n) is 9.66. The molecule has 0 aromatic heterocycles. The molecule has 1 aromatic carbocycles. The average Bonchev–Trinajstić information content (AvgIpc) is 2.69. The van der Waals surface area contributed by atoms with Gasteiger partial charge in [0.05, 0.1) is 12.3 Å². The SMILES string of the molecule is CC(C)(C)[Si](C)(C)OC1=CC=C(NC(=O)C2CCN(c3ccc(F)cc3)CC2)NC1. The molecule has 1 amide bonds. The Hall–Kier alpha value is -2.28. The topological polar surface area (TPSA) is 53.6 Å². The van der Waals surface area contributed by atoms with Crippen molar-refractivity contribution in [3.63, 3.8) is 0 Å². The van der Waals surface area contributed by atoms with E-state index in [0.29, 0.717) is 6.54 Å². The molecule has 2 aliphatic heterocycles. The van der Waals surface area contributed by atoms with Crippen LogP contribution in [0.1, 0.15) is 33.6 Å². The Morgan fingerprint density at radius 2 is 1.80 bits per heavy atom. The van der Waals surface area contributed by atoms with Crippen molar-refractivity contribution in [2.75, 3.05) is 24.5 Å². The minimum atomic E-state index is -1.86. The van der Waals surface area contributed by atoms with Gasteiger partial charge in [-0.3, -0.25) is 4.79 Å². The summed E-state index contributed by atoms with van der Waals surface area (Å²) in [6, 6.07) is 6.54. The summed E-state index contributed by atoms with van der Waals surface area (Å²) in [7, 11) is -1.86. The van der Waals surface area contributed by atoms with E-state index in [9.17, 15) is 9.18 Å². The molecule has 0 aliphatic carbocycles. The van der Waals surface area contributed by atoms with Gasteiger partial charge in [0.25, 0.3) is 0 Å². The number of halogens is 1. The van der Waals surface area contributed by atoms with Gasteiger partial charge in [0.2, 0.25) is 14.2 Å². The monoisotopic (exact) mass is 431 g/mol. The van der Waals surface area contributed by atoms with Crippen LogP contribution in [0.15, 0.2) is 48.0 Å². The van der Waals surface area contributed by atoms with Crippen molar-refractivity contribution in [1.82, 2.24) is 10.6 Å². The van der Waals surface area contributed by atoms with Crippen LogP contribution in [0.5, 0.6) is 0 Å². The first kappa shape index (κ1) is 22.4. The molecule has 0 saturated carbocycles. The highest BCUT2D eigenvalue weighted by Crippen LogP contribution is 2.38. The number of amides is 1. The third-order valence-corrected chi connectivity index (χ3v) is 10.8. The number of carbonyl (C=O) groups is 1. The lowest BCUT2D eigenvalue weighted by Crippen LogP contribution is -2.44. The summed E-state index contributed by atoms with van der Waals surface area (Å²) in [5, 5.41) is 6.43. The van der Waals surface area contributed by atoms with Gasteiger partial charge in [-0.15, -0.1) is 0 Å². The largest absolute Gasteiger partial charge is 0.545 e. The summed E-state index contributed by atoms with van der Waals surface area (Å²) in [5.74, 6) is 1.46. The smallest absolute Gasteiger partial charge is 0.250 e. The molecule has 1 fully saturated rings. The zero-order valence-corrected chi connectivity index (χ0v) is 19.7. The number of dihydropyridines is 1. The molecule has 2 aliphatic rings. The molecule has 0 radical (unpaired) electrons. The highest BCUT2D eigenvalue weighted by molar-refractivity contribution is 6.74. The first-order chi connectivity index (χ1) is 14.0. The highest BCUT2D eigenvalue weighted by atomic mass is 28.4. The van der Waals surface area contributed by atoms with Gasteiger partial charge in [-0.05, 0) is 67.4 Å². The summed E-state index contributed by atoms with van der Waals surface area (Å²) in [5.41, 5.74) is 1.01. The molecule has 0 bridgehead atoms. The van der Waals surface area contributed by atoms with Crippen LogP contribution in [0.4, 0.5) is 10.1 Å². The van der Waals surface area contributed by atoms with Crippen LogP contribution >= 0.6 is 0 Å². The molecule has 0 spiro atoms. The van der Waals surface area contributed by atoms with Gasteiger partial charge in [-0.25, -0.2) is 4.39 Å². The number of nitrogens with zero attached hydrogens (tertiary/aromatic N) is 1. The van der Waals surface area contributed by atoms with Gasteiger partial charge in [0.15, 0.2) is 0 Å². The fraction of sp³-hybridized carbons (Fsp3) is 0.522. The van der Waals surface area contributed by atoms with E-state index in [1.807, 2.05) is 12.2 Å². The molecular formula is C23H34FN3O2Si. The molecule has 5 nitrogen and oxygen atoms in total. The lowest BCUT2D eigenvalue weighted by Gasteiger charge is -2.38. The lowest BCUT2D eigenvalue weighted by molar-refractivity contribution is -0.124. The summed E-state index contributed by atoms with van der Waals surface area (Å²) < 4.78 is 19.4.